The minimum atomic E-state index is -0.422. The molecule has 2 heterocycles. The third kappa shape index (κ3) is 2.83. The molecule has 0 fully saturated rings. The summed E-state index contributed by atoms with van der Waals surface area (Å²) in [6.07, 6.45) is 1.92. The minimum Gasteiger partial charge on any atom is -0.323 e. The fourth-order valence-corrected chi connectivity index (χ4v) is 2.84. The zero-order chi connectivity index (χ0) is 17.4. The van der Waals surface area contributed by atoms with Crippen molar-refractivity contribution >= 4 is 28.9 Å². The number of hydrogen-bond donors (Lipinski definition) is 1. The van der Waals surface area contributed by atoms with Crippen molar-refractivity contribution < 1.29 is 4.92 Å². The molecule has 0 bridgehead atoms. The van der Waals surface area contributed by atoms with Crippen LogP contribution in [0.2, 0.25) is 5.02 Å². The fourth-order valence-electron chi connectivity index (χ4n) is 2.71. The molecule has 9 heteroatoms. The maximum atomic E-state index is 11.1. The molecule has 1 N–H and O–H groups in total. The number of nitro groups is 1. The number of fused-ring (bicyclic) bond motifs is 1. The Morgan fingerprint density at radius 3 is 2.76 bits per heavy atom. The molecule has 3 aromatic rings. The van der Waals surface area contributed by atoms with E-state index in [1.165, 1.54) is 12.1 Å². The van der Waals surface area contributed by atoms with E-state index >= 15 is 0 Å². The van der Waals surface area contributed by atoms with Crippen LogP contribution in [-0.4, -0.2) is 25.1 Å². The van der Waals surface area contributed by atoms with E-state index in [0.717, 1.165) is 16.8 Å². The van der Waals surface area contributed by atoms with Crippen LogP contribution in [0.25, 0.3) is 5.70 Å². The molecule has 25 heavy (non-hydrogen) atoms. The first-order valence-corrected chi connectivity index (χ1v) is 7.76. The lowest BCUT2D eigenvalue weighted by atomic mass is 10.0. The minimum absolute atomic E-state index is 0.0205. The van der Waals surface area contributed by atoms with Gasteiger partial charge in [0.05, 0.1) is 4.92 Å². The first-order valence-electron chi connectivity index (χ1n) is 7.39. The molecule has 1 aliphatic heterocycles. The molecule has 0 spiro atoms. The number of nitro benzene ring substituents is 1. The Bertz CT molecular complexity index is 982. The number of nitrogens with one attached hydrogen (secondary N) is 1. The Morgan fingerprint density at radius 2 is 2.00 bits per heavy atom. The van der Waals surface area contributed by atoms with E-state index in [9.17, 15) is 10.1 Å². The van der Waals surface area contributed by atoms with E-state index in [0.29, 0.717) is 11.0 Å². The van der Waals surface area contributed by atoms with Gasteiger partial charge in [0, 0.05) is 22.9 Å². The summed E-state index contributed by atoms with van der Waals surface area (Å²) in [7, 11) is 0. The number of rotatable bonds is 3. The van der Waals surface area contributed by atoms with Crippen molar-refractivity contribution in [2.45, 2.75) is 6.04 Å². The molecule has 0 amide bonds. The van der Waals surface area contributed by atoms with Gasteiger partial charge in [0.1, 0.15) is 6.04 Å². The average Bonchev–Trinajstić information content (AvgIpc) is 3.10. The monoisotopic (exact) mass is 354 g/mol. The van der Waals surface area contributed by atoms with Crippen molar-refractivity contribution in [2.75, 3.05) is 5.32 Å². The van der Waals surface area contributed by atoms with Crippen LogP contribution in [0, 0.1) is 10.1 Å². The Balaban J connectivity index is 1.81. The highest BCUT2D eigenvalue weighted by atomic mass is 35.5. The molecule has 0 aliphatic carbocycles. The van der Waals surface area contributed by atoms with E-state index in [1.807, 2.05) is 24.3 Å². The van der Waals surface area contributed by atoms with E-state index in [1.54, 1.807) is 22.9 Å². The first-order chi connectivity index (χ1) is 12.1. The highest BCUT2D eigenvalue weighted by Crippen LogP contribution is 2.32. The van der Waals surface area contributed by atoms with Crippen LogP contribution in [0.3, 0.4) is 0 Å². The summed E-state index contributed by atoms with van der Waals surface area (Å²) >= 11 is 5.95. The molecule has 0 radical (unpaired) electrons. The molecular formula is C16H11ClN6O2. The molecule has 8 nitrogen and oxygen atoms in total. The Labute approximate surface area is 146 Å². The van der Waals surface area contributed by atoms with Crippen LogP contribution in [-0.2, 0) is 0 Å². The lowest BCUT2D eigenvalue weighted by Crippen LogP contribution is -2.20. The molecular weight excluding hydrogens is 344 g/mol. The van der Waals surface area contributed by atoms with Gasteiger partial charge in [-0.15, -0.1) is 0 Å². The lowest BCUT2D eigenvalue weighted by Gasteiger charge is -2.23. The van der Waals surface area contributed by atoms with Gasteiger partial charge in [0.2, 0.25) is 5.95 Å². The van der Waals surface area contributed by atoms with Gasteiger partial charge in [0.15, 0.2) is 0 Å². The maximum Gasteiger partial charge on any atom is 0.269 e. The topological polar surface area (TPSA) is 98.8 Å². The van der Waals surface area contributed by atoms with Crippen LogP contribution in [0.4, 0.5) is 11.6 Å². The van der Waals surface area contributed by atoms with Gasteiger partial charge in [-0.1, -0.05) is 41.0 Å². The number of nitrogens with zero attached hydrogens (tertiary/aromatic N) is 5. The van der Waals surface area contributed by atoms with Crippen LogP contribution >= 0.6 is 11.6 Å². The van der Waals surface area contributed by atoms with E-state index in [-0.39, 0.29) is 11.7 Å². The standard InChI is InChI=1S/C16H11ClN6O2/c17-12-6-4-10(5-7-12)14-9-15(22-16(18-14)19-20-21-22)11-2-1-3-13(8-11)23(24)25/h1-9,15H,(H,18,19,21). The summed E-state index contributed by atoms with van der Waals surface area (Å²) < 4.78 is 1.58. The zero-order valence-electron chi connectivity index (χ0n) is 12.7. The van der Waals surface area contributed by atoms with E-state index in [2.05, 4.69) is 20.8 Å². The fraction of sp³-hybridized carbons (Fsp3) is 0.0625. The number of benzene rings is 2. The number of allylic oxidation sites excluding steroid dienone is 1. The lowest BCUT2D eigenvalue weighted by molar-refractivity contribution is -0.384. The van der Waals surface area contributed by atoms with Crippen molar-refractivity contribution in [1.82, 2.24) is 20.2 Å². The largest absolute Gasteiger partial charge is 0.323 e. The summed E-state index contributed by atoms with van der Waals surface area (Å²) in [5.74, 6) is 0.462. The van der Waals surface area contributed by atoms with E-state index in [4.69, 9.17) is 11.6 Å². The second kappa shape index (κ2) is 5.99. The van der Waals surface area contributed by atoms with Crippen molar-refractivity contribution in [3.8, 4) is 0 Å². The summed E-state index contributed by atoms with van der Waals surface area (Å²) in [5.41, 5.74) is 2.45. The summed E-state index contributed by atoms with van der Waals surface area (Å²) in [6.45, 7) is 0. The quantitative estimate of drug-likeness (QED) is 0.572. The number of hydrogen-bond acceptors (Lipinski definition) is 6. The van der Waals surface area contributed by atoms with Gasteiger partial charge < -0.3 is 5.32 Å². The third-order valence-corrected chi connectivity index (χ3v) is 4.16. The summed E-state index contributed by atoms with van der Waals surface area (Å²) in [5, 5.41) is 26.5. The van der Waals surface area contributed by atoms with Crippen LogP contribution in [0.15, 0.2) is 54.6 Å². The summed E-state index contributed by atoms with van der Waals surface area (Å²) in [4.78, 5) is 10.6. The van der Waals surface area contributed by atoms with Gasteiger partial charge >= 0.3 is 0 Å². The van der Waals surface area contributed by atoms with Gasteiger partial charge in [-0.2, -0.15) is 4.68 Å². The van der Waals surface area contributed by atoms with Crippen molar-refractivity contribution in [3.05, 3.63) is 80.9 Å². The Hall–Kier alpha value is -3.26. The number of anilines is 1. The number of aromatic nitrogens is 4. The predicted molar refractivity (Wildman–Crippen MR) is 92.1 cm³/mol. The van der Waals surface area contributed by atoms with Crippen LogP contribution in [0.1, 0.15) is 17.2 Å². The molecule has 124 valence electrons. The Morgan fingerprint density at radius 1 is 1.20 bits per heavy atom. The maximum absolute atomic E-state index is 11.1. The molecule has 2 aromatic carbocycles. The number of halogens is 1. The molecule has 1 unspecified atom stereocenters. The molecule has 1 atom stereocenters. The highest BCUT2D eigenvalue weighted by molar-refractivity contribution is 6.30. The molecule has 0 saturated heterocycles. The number of non-ortho nitro benzene ring substituents is 1. The van der Waals surface area contributed by atoms with Crippen LogP contribution in [0.5, 0.6) is 0 Å². The third-order valence-electron chi connectivity index (χ3n) is 3.91. The van der Waals surface area contributed by atoms with Gasteiger partial charge in [0.25, 0.3) is 5.69 Å². The summed E-state index contributed by atoms with van der Waals surface area (Å²) in [6, 6.07) is 13.4. The van der Waals surface area contributed by atoms with Crippen LogP contribution < -0.4 is 5.32 Å². The smallest absolute Gasteiger partial charge is 0.269 e. The normalized spacial score (nSPS) is 15.9. The van der Waals surface area contributed by atoms with Gasteiger partial charge in [-0.3, -0.25) is 10.1 Å². The SMILES string of the molecule is O=[N+]([O-])c1cccc(C2C=C(c3ccc(Cl)cc3)Nc3nnnn32)c1. The van der Waals surface area contributed by atoms with E-state index < -0.39 is 4.92 Å². The first kappa shape index (κ1) is 15.3. The average molecular weight is 355 g/mol. The predicted octanol–water partition coefficient (Wildman–Crippen LogP) is 3.29. The number of tetrazole rings is 1. The Kier molecular flexibility index (Phi) is 3.66. The highest BCUT2D eigenvalue weighted by Gasteiger charge is 2.25. The molecule has 0 saturated carbocycles. The van der Waals surface area contributed by atoms with Crippen molar-refractivity contribution in [3.63, 3.8) is 0 Å². The van der Waals surface area contributed by atoms with Crippen molar-refractivity contribution in [2.24, 2.45) is 0 Å². The zero-order valence-corrected chi connectivity index (χ0v) is 13.5. The molecule has 1 aliphatic rings. The second-order valence-corrected chi connectivity index (χ2v) is 5.89. The van der Waals surface area contributed by atoms with Crippen molar-refractivity contribution in [1.29, 1.82) is 0 Å². The molecule has 1 aromatic heterocycles. The van der Waals surface area contributed by atoms with Gasteiger partial charge in [-0.25, -0.2) is 0 Å². The molecule has 4 rings (SSSR count). The van der Waals surface area contributed by atoms with Gasteiger partial charge in [-0.05, 0) is 39.8 Å². The second-order valence-electron chi connectivity index (χ2n) is 5.46.